The molecule has 0 aromatic carbocycles. The van der Waals surface area contributed by atoms with Crippen molar-refractivity contribution in [2.45, 2.75) is 38.6 Å². The first-order valence-electron chi connectivity index (χ1n) is 6.78. The maximum atomic E-state index is 9.07. The fraction of sp³-hybridized carbons (Fsp3) is 0.571. The highest BCUT2D eigenvalue weighted by atomic mass is 32.1. The van der Waals surface area contributed by atoms with Gasteiger partial charge in [0.25, 0.3) is 0 Å². The lowest BCUT2D eigenvalue weighted by Gasteiger charge is -2.39. The van der Waals surface area contributed by atoms with Gasteiger partial charge in [-0.3, -0.25) is 0 Å². The van der Waals surface area contributed by atoms with Crippen molar-refractivity contribution in [1.82, 2.24) is 4.98 Å². The van der Waals surface area contributed by atoms with Crippen molar-refractivity contribution < 1.29 is 5.11 Å². The molecule has 2 rings (SSSR count). The molecule has 104 valence electrons. The Bertz CT molecular complexity index is 460. The Morgan fingerprint density at radius 2 is 2.32 bits per heavy atom. The highest BCUT2D eigenvalue weighted by molar-refractivity contribution is 7.80. The standard InChI is InChI=1S/C14H21N3OS/c1-10-6-7-16-14(12(10)13(15)19)17(8-3-9-18)11-4-2-5-11/h6-7,11,18H,2-5,8-9H2,1H3,(H2,15,19). The first-order chi connectivity index (χ1) is 9.15. The normalized spacial score (nSPS) is 15.1. The minimum absolute atomic E-state index is 0.192. The molecule has 0 aliphatic heterocycles. The van der Waals surface area contributed by atoms with Crippen molar-refractivity contribution in [3.8, 4) is 0 Å². The quantitative estimate of drug-likeness (QED) is 0.777. The topological polar surface area (TPSA) is 62.4 Å². The maximum absolute atomic E-state index is 9.07. The monoisotopic (exact) mass is 279 g/mol. The Hall–Kier alpha value is -1.20. The molecular weight excluding hydrogens is 258 g/mol. The number of aromatic nitrogens is 1. The maximum Gasteiger partial charge on any atom is 0.139 e. The Labute approximate surface area is 119 Å². The van der Waals surface area contributed by atoms with Crippen LogP contribution in [0.1, 0.15) is 36.8 Å². The molecule has 1 fully saturated rings. The van der Waals surface area contributed by atoms with Crippen LogP contribution in [0.5, 0.6) is 0 Å². The number of rotatable bonds is 6. The highest BCUT2D eigenvalue weighted by Gasteiger charge is 2.28. The summed E-state index contributed by atoms with van der Waals surface area (Å²) in [5.41, 5.74) is 7.79. The van der Waals surface area contributed by atoms with Gasteiger partial charge in [-0.2, -0.15) is 0 Å². The van der Waals surface area contributed by atoms with Gasteiger partial charge in [0.2, 0.25) is 0 Å². The number of aliphatic hydroxyl groups excluding tert-OH is 1. The number of nitrogens with zero attached hydrogens (tertiary/aromatic N) is 2. The summed E-state index contributed by atoms with van der Waals surface area (Å²) in [6.07, 6.45) is 6.16. The van der Waals surface area contributed by atoms with E-state index in [1.165, 1.54) is 19.3 Å². The van der Waals surface area contributed by atoms with E-state index in [1.54, 1.807) is 6.20 Å². The van der Waals surface area contributed by atoms with E-state index >= 15 is 0 Å². The average Bonchev–Trinajstić information content (AvgIpc) is 2.31. The zero-order chi connectivity index (χ0) is 13.8. The SMILES string of the molecule is Cc1ccnc(N(CCCO)C2CCC2)c1C(N)=S. The summed E-state index contributed by atoms with van der Waals surface area (Å²) in [5, 5.41) is 9.07. The van der Waals surface area contributed by atoms with Crippen LogP contribution >= 0.6 is 12.2 Å². The minimum Gasteiger partial charge on any atom is -0.396 e. The molecule has 4 nitrogen and oxygen atoms in total. The number of nitrogens with two attached hydrogens (primary N) is 1. The number of pyridine rings is 1. The van der Waals surface area contributed by atoms with E-state index in [1.807, 2.05) is 13.0 Å². The molecular formula is C14H21N3OS. The Kier molecular flexibility index (Phi) is 4.71. The minimum atomic E-state index is 0.192. The summed E-state index contributed by atoms with van der Waals surface area (Å²) >= 11 is 5.17. The van der Waals surface area contributed by atoms with E-state index in [-0.39, 0.29) is 6.61 Å². The third-order valence-corrected chi connectivity index (χ3v) is 3.93. The third kappa shape index (κ3) is 3.04. The first kappa shape index (κ1) is 14.2. The number of hydrogen-bond donors (Lipinski definition) is 2. The van der Waals surface area contributed by atoms with Crippen molar-refractivity contribution in [2.75, 3.05) is 18.1 Å². The number of anilines is 1. The van der Waals surface area contributed by atoms with Crippen LogP contribution in [0.15, 0.2) is 12.3 Å². The van der Waals surface area contributed by atoms with Crippen molar-refractivity contribution in [2.24, 2.45) is 5.73 Å². The molecule has 1 aromatic heterocycles. The molecule has 0 unspecified atom stereocenters. The van der Waals surface area contributed by atoms with E-state index in [4.69, 9.17) is 23.1 Å². The largest absolute Gasteiger partial charge is 0.396 e. The Morgan fingerprint density at radius 1 is 1.58 bits per heavy atom. The molecule has 0 saturated heterocycles. The molecule has 0 atom stereocenters. The lowest BCUT2D eigenvalue weighted by atomic mass is 9.90. The van der Waals surface area contributed by atoms with Crippen LogP contribution in [0.25, 0.3) is 0 Å². The van der Waals surface area contributed by atoms with Gasteiger partial charge in [0, 0.05) is 25.4 Å². The Balaban J connectivity index is 2.34. The lowest BCUT2D eigenvalue weighted by molar-refractivity contribution is 0.282. The van der Waals surface area contributed by atoms with E-state index < -0.39 is 0 Å². The summed E-state index contributed by atoms with van der Waals surface area (Å²) in [5.74, 6) is 0.880. The van der Waals surface area contributed by atoms with Gasteiger partial charge in [0.05, 0.1) is 5.56 Å². The molecule has 0 amide bonds. The van der Waals surface area contributed by atoms with Gasteiger partial charge in [0.15, 0.2) is 0 Å². The van der Waals surface area contributed by atoms with Crippen LogP contribution < -0.4 is 10.6 Å². The third-order valence-electron chi connectivity index (χ3n) is 3.73. The molecule has 1 heterocycles. The summed E-state index contributed by atoms with van der Waals surface area (Å²) < 4.78 is 0. The summed E-state index contributed by atoms with van der Waals surface area (Å²) in [7, 11) is 0. The van der Waals surface area contributed by atoms with E-state index in [0.717, 1.165) is 29.9 Å². The predicted octanol–water partition coefficient (Wildman–Crippen LogP) is 1.77. The number of hydrogen-bond acceptors (Lipinski definition) is 4. The average molecular weight is 279 g/mol. The number of aryl methyl sites for hydroxylation is 1. The second-order valence-corrected chi connectivity index (χ2v) is 5.49. The summed E-state index contributed by atoms with van der Waals surface area (Å²) in [6, 6.07) is 2.44. The number of aliphatic hydroxyl groups is 1. The molecule has 0 radical (unpaired) electrons. The molecule has 1 aliphatic rings. The van der Waals surface area contributed by atoms with Gasteiger partial charge in [-0.15, -0.1) is 0 Å². The van der Waals surface area contributed by atoms with Gasteiger partial charge in [-0.05, 0) is 44.2 Å². The first-order valence-corrected chi connectivity index (χ1v) is 7.19. The van der Waals surface area contributed by atoms with Gasteiger partial charge in [-0.1, -0.05) is 12.2 Å². The second kappa shape index (κ2) is 6.30. The van der Waals surface area contributed by atoms with Gasteiger partial charge in [0.1, 0.15) is 10.8 Å². The van der Waals surface area contributed by atoms with Crippen molar-refractivity contribution >= 4 is 23.0 Å². The summed E-state index contributed by atoms with van der Waals surface area (Å²) in [4.78, 5) is 7.16. The van der Waals surface area contributed by atoms with Crippen LogP contribution in [0, 0.1) is 6.92 Å². The second-order valence-electron chi connectivity index (χ2n) is 5.05. The zero-order valence-corrected chi connectivity index (χ0v) is 12.1. The molecule has 0 bridgehead atoms. The Morgan fingerprint density at radius 3 is 2.84 bits per heavy atom. The van der Waals surface area contributed by atoms with Crippen LogP contribution in [0.3, 0.4) is 0 Å². The molecule has 1 aromatic rings. The van der Waals surface area contributed by atoms with Gasteiger partial charge in [-0.25, -0.2) is 4.98 Å². The summed E-state index contributed by atoms with van der Waals surface area (Å²) in [6.45, 7) is 3.00. The van der Waals surface area contributed by atoms with E-state index in [2.05, 4.69) is 9.88 Å². The van der Waals surface area contributed by atoms with E-state index in [9.17, 15) is 0 Å². The molecule has 19 heavy (non-hydrogen) atoms. The van der Waals surface area contributed by atoms with E-state index in [0.29, 0.717) is 11.0 Å². The predicted molar refractivity (Wildman–Crippen MR) is 81.5 cm³/mol. The van der Waals surface area contributed by atoms with Crippen LogP contribution in [-0.4, -0.2) is 34.3 Å². The smallest absolute Gasteiger partial charge is 0.139 e. The van der Waals surface area contributed by atoms with Crippen LogP contribution in [0.4, 0.5) is 5.82 Å². The zero-order valence-electron chi connectivity index (χ0n) is 11.3. The van der Waals surface area contributed by atoms with Crippen molar-refractivity contribution in [1.29, 1.82) is 0 Å². The van der Waals surface area contributed by atoms with Crippen molar-refractivity contribution in [3.05, 3.63) is 23.4 Å². The van der Waals surface area contributed by atoms with Gasteiger partial charge < -0.3 is 15.7 Å². The molecule has 1 aliphatic carbocycles. The molecule has 5 heteroatoms. The van der Waals surface area contributed by atoms with Crippen LogP contribution in [0.2, 0.25) is 0 Å². The van der Waals surface area contributed by atoms with Gasteiger partial charge >= 0.3 is 0 Å². The number of thiocarbonyl (C=S) groups is 1. The molecule has 0 spiro atoms. The fourth-order valence-electron chi connectivity index (χ4n) is 2.47. The van der Waals surface area contributed by atoms with Crippen molar-refractivity contribution in [3.63, 3.8) is 0 Å². The highest BCUT2D eigenvalue weighted by Crippen LogP contribution is 2.31. The fourth-order valence-corrected chi connectivity index (χ4v) is 2.72. The molecule has 3 N–H and O–H groups in total. The molecule has 1 saturated carbocycles. The lowest BCUT2D eigenvalue weighted by Crippen LogP contribution is -2.42. The van der Waals surface area contributed by atoms with Crippen LogP contribution in [-0.2, 0) is 0 Å².